The highest BCUT2D eigenvalue weighted by atomic mass is 16.5. The van der Waals surface area contributed by atoms with Gasteiger partial charge in [0.1, 0.15) is 17.3 Å². The molecule has 0 amide bonds. The predicted molar refractivity (Wildman–Crippen MR) is 225 cm³/mol. The van der Waals surface area contributed by atoms with Crippen LogP contribution in [0.3, 0.4) is 0 Å². The van der Waals surface area contributed by atoms with E-state index in [1.165, 1.54) is 18.3 Å². The SMILES string of the molecule is [2H]c1c([2H])c([2H])c(-c2cccc(-c3c([2H])c([2H])c([2H])c([2H])c3[2H])c2-[n+]2[c-]n(-c3cccc(Oc4ccc5c6ccccc6n(-c6cc7c(cn6)C([2H])([2H])C([2H])([2H])C7([2H])[2H])c5c4)c3)c3ccccc32)c([2H])c1[2H]. The van der Waals surface area contributed by atoms with Crippen LogP contribution in [0, 0.1) is 6.33 Å². The van der Waals surface area contributed by atoms with Gasteiger partial charge in [0.2, 0.25) is 0 Å². The predicted octanol–water partition coefficient (Wildman–Crippen LogP) is 11.8. The summed E-state index contributed by atoms with van der Waals surface area (Å²) in [5, 5.41) is 1.66. The lowest BCUT2D eigenvalue weighted by molar-refractivity contribution is -0.571. The van der Waals surface area contributed by atoms with Crippen LogP contribution in [0.25, 0.3) is 72.3 Å². The summed E-state index contributed by atoms with van der Waals surface area (Å²) in [4.78, 5) is 4.57. The number of fused-ring (bicyclic) bond motifs is 5. The molecule has 3 aromatic heterocycles. The number of para-hydroxylation sites is 4. The first-order valence-electron chi connectivity index (χ1n) is 25.7. The van der Waals surface area contributed by atoms with Gasteiger partial charge in [-0.2, -0.15) is 0 Å². The van der Waals surface area contributed by atoms with Crippen molar-refractivity contribution in [3.63, 3.8) is 0 Å². The Morgan fingerprint density at radius 1 is 0.625 bits per heavy atom. The first-order valence-corrected chi connectivity index (χ1v) is 17.7. The quantitative estimate of drug-likeness (QED) is 0.121. The van der Waals surface area contributed by atoms with Gasteiger partial charge in [-0.1, -0.05) is 127 Å². The summed E-state index contributed by atoms with van der Waals surface area (Å²) in [5.74, 6) is 1.04. The zero-order chi connectivity index (χ0) is 51.1. The molecule has 0 bridgehead atoms. The monoisotopic (exact) mass is 736 g/mol. The number of pyridine rings is 1. The van der Waals surface area contributed by atoms with E-state index in [1.807, 2.05) is 42.5 Å². The standard InChI is InChI=1S/C51H36N4O/c1-3-14-35(15-4-1)42-23-13-24-43(36-16-5-2-6-17-36)51(42)54-34-53(47-26-9-10-27-48(47)54)39-20-12-21-40(31-39)56-41-28-29-45-44-22-7-8-25-46(44)55(49(45)32-41)50-30-37-18-11-19-38(37)33-52-50/h1-10,12-17,20-33H,11,18-19H2/i1D,2D,3D,4D,5D,6D,11D2,14D,15D,16D,17D,18D2,19D2. The Labute approximate surface area is 347 Å². The van der Waals surface area contributed by atoms with Crippen LogP contribution in [0.5, 0.6) is 11.5 Å². The second kappa shape index (κ2) is 13.3. The average Bonchev–Trinajstić information content (AvgIpc) is 3.95. The van der Waals surface area contributed by atoms with E-state index in [9.17, 15) is 0 Å². The fourth-order valence-electron chi connectivity index (χ4n) is 7.39. The van der Waals surface area contributed by atoms with Crippen molar-refractivity contribution in [2.24, 2.45) is 0 Å². The Hall–Kier alpha value is -7.24. The molecule has 0 aliphatic heterocycles. The minimum Gasteiger partial charge on any atom is -0.458 e. The van der Waals surface area contributed by atoms with Crippen LogP contribution in [0.15, 0.2) is 182 Å². The molecular formula is C51H36N4O. The summed E-state index contributed by atoms with van der Waals surface area (Å²) >= 11 is 0. The smallest absolute Gasteiger partial charge is 0.269 e. The van der Waals surface area contributed by atoms with Gasteiger partial charge in [0.05, 0.1) is 47.1 Å². The van der Waals surface area contributed by atoms with Crippen molar-refractivity contribution < 1.29 is 31.2 Å². The van der Waals surface area contributed by atoms with Gasteiger partial charge in [-0.25, -0.2) is 4.98 Å². The van der Waals surface area contributed by atoms with Crippen molar-refractivity contribution in [2.45, 2.75) is 19.1 Å². The third-order valence-corrected chi connectivity index (χ3v) is 9.83. The molecule has 5 nitrogen and oxygen atoms in total. The molecule has 3 heterocycles. The number of hydrogen-bond donors (Lipinski definition) is 0. The minimum absolute atomic E-state index is 0.112. The molecule has 5 heteroatoms. The van der Waals surface area contributed by atoms with Crippen LogP contribution in [0.1, 0.15) is 39.4 Å². The second-order valence-electron chi connectivity index (χ2n) is 13.1. The number of benzene rings is 7. The van der Waals surface area contributed by atoms with E-state index in [4.69, 9.17) is 26.7 Å². The Bertz CT molecular complexity index is 3830. The molecule has 0 spiro atoms. The van der Waals surface area contributed by atoms with Gasteiger partial charge in [0.15, 0.2) is 0 Å². The van der Waals surface area contributed by atoms with Crippen LogP contribution >= 0.6 is 0 Å². The molecule has 0 saturated carbocycles. The molecular weight excluding hydrogens is 685 g/mol. The Morgan fingerprint density at radius 3 is 2.11 bits per heavy atom. The lowest BCUT2D eigenvalue weighted by atomic mass is 9.95. The molecule has 0 saturated heterocycles. The molecule has 0 fully saturated rings. The van der Waals surface area contributed by atoms with Crippen molar-refractivity contribution in [2.75, 3.05) is 0 Å². The second-order valence-corrected chi connectivity index (χ2v) is 13.1. The topological polar surface area (TPSA) is 35.9 Å². The highest BCUT2D eigenvalue weighted by molar-refractivity contribution is 6.09. The number of nitrogens with zero attached hydrogens (tertiary/aromatic N) is 4. The maximum absolute atomic E-state index is 8.99. The molecule has 0 N–H and O–H groups in total. The van der Waals surface area contributed by atoms with Crippen LogP contribution in [-0.2, 0) is 12.7 Å². The Morgan fingerprint density at radius 2 is 1.30 bits per heavy atom. The van der Waals surface area contributed by atoms with Gasteiger partial charge in [0, 0.05) is 31.3 Å². The number of aryl methyl sites for hydroxylation is 2. The van der Waals surface area contributed by atoms with E-state index >= 15 is 0 Å². The molecule has 7 aromatic carbocycles. The molecule has 0 atom stereocenters. The van der Waals surface area contributed by atoms with Crippen LogP contribution in [0.4, 0.5) is 0 Å². The van der Waals surface area contributed by atoms with Crippen LogP contribution in [-0.4, -0.2) is 14.1 Å². The lowest BCUT2D eigenvalue weighted by Crippen LogP contribution is -2.31. The van der Waals surface area contributed by atoms with Crippen molar-refractivity contribution in [3.05, 3.63) is 199 Å². The molecule has 1 aliphatic rings. The van der Waals surface area contributed by atoms with E-state index in [-0.39, 0.29) is 44.9 Å². The van der Waals surface area contributed by atoms with Crippen molar-refractivity contribution in [1.29, 1.82) is 0 Å². The number of aromatic nitrogens is 4. The van der Waals surface area contributed by atoms with Gasteiger partial charge in [-0.3, -0.25) is 13.7 Å². The zero-order valence-electron chi connectivity index (χ0n) is 45.2. The molecule has 0 radical (unpaired) electrons. The average molecular weight is 737 g/mol. The summed E-state index contributed by atoms with van der Waals surface area (Å²) in [6.07, 6.45) is -3.57. The molecule has 266 valence electrons. The number of hydrogen-bond acceptors (Lipinski definition) is 2. The largest absolute Gasteiger partial charge is 0.458 e. The summed E-state index contributed by atoms with van der Waals surface area (Å²) in [6, 6.07) is 27.8. The van der Waals surface area contributed by atoms with Gasteiger partial charge < -0.3 is 4.74 Å². The number of rotatable bonds is 7. The highest BCUT2D eigenvalue weighted by Gasteiger charge is 2.21. The van der Waals surface area contributed by atoms with Gasteiger partial charge >= 0.3 is 0 Å². The molecule has 10 aromatic rings. The normalized spacial score (nSPS) is 19.2. The lowest BCUT2D eigenvalue weighted by Gasteiger charge is -2.17. The summed E-state index contributed by atoms with van der Waals surface area (Å²) in [6.45, 7) is 0. The fraction of sp³-hybridized carbons (Fsp3) is 0.0588. The molecule has 56 heavy (non-hydrogen) atoms. The van der Waals surface area contributed by atoms with Gasteiger partial charge in [0.25, 0.3) is 6.33 Å². The van der Waals surface area contributed by atoms with Crippen molar-refractivity contribution in [1.82, 2.24) is 14.1 Å². The van der Waals surface area contributed by atoms with E-state index in [0.717, 1.165) is 16.3 Å². The van der Waals surface area contributed by atoms with Gasteiger partial charge in [-0.15, -0.1) is 0 Å². The van der Waals surface area contributed by atoms with E-state index in [2.05, 4.69) is 11.3 Å². The third kappa shape index (κ3) is 5.39. The molecule has 11 rings (SSSR count). The van der Waals surface area contributed by atoms with E-state index in [0.29, 0.717) is 33.7 Å². The summed E-state index contributed by atoms with van der Waals surface area (Å²) in [5.41, 5.74) is 2.68. The Balaban J connectivity index is 1.06. The van der Waals surface area contributed by atoms with E-state index in [1.54, 1.807) is 74.4 Å². The van der Waals surface area contributed by atoms with Crippen LogP contribution < -0.4 is 9.30 Å². The minimum atomic E-state index is -2.86. The summed E-state index contributed by atoms with van der Waals surface area (Å²) < 4.78 is 150. The maximum Gasteiger partial charge on any atom is 0.269 e. The first-order chi connectivity index (χ1) is 34.2. The summed E-state index contributed by atoms with van der Waals surface area (Å²) in [7, 11) is 0. The zero-order valence-corrected chi connectivity index (χ0v) is 29.2. The third-order valence-electron chi connectivity index (χ3n) is 9.83. The molecule has 1 aliphatic carbocycles. The first kappa shape index (κ1) is 19.9. The van der Waals surface area contributed by atoms with Crippen molar-refractivity contribution >= 4 is 32.8 Å². The van der Waals surface area contributed by atoms with Crippen LogP contribution in [0.2, 0.25) is 0 Å². The fourth-order valence-corrected chi connectivity index (χ4v) is 7.39. The molecule has 0 unspecified atom stereocenters. The Kier molecular flexibility index (Phi) is 4.71. The highest BCUT2D eigenvalue weighted by Crippen LogP contribution is 2.37. The van der Waals surface area contributed by atoms with E-state index < -0.39 is 79.5 Å². The van der Waals surface area contributed by atoms with Crippen molar-refractivity contribution in [3.8, 4) is 50.9 Å². The maximum atomic E-state index is 8.99. The van der Waals surface area contributed by atoms with Gasteiger partial charge in [-0.05, 0) is 95.0 Å². The number of ether oxygens (including phenoxy) is 1. The number of imidazole rings is 1.